The first-order valence-electron chi connectivity index (χ1n) is 5.93. The third kappa shape index (κ3) is 3.14. The van der Waals surface area contributed by atoms with Crippen LogP contribution >= 0.6 is 0 Å². The Hall–Kier alpha value is -2.83. The summed E-state index contributed by atoms with van der Waals surface area (Å²) in [5.74, 6) is -0.620. The Bertz CT molecular complexity index is 681. The lowest BCUT2D eigenvalue weighted by Gasteiger charge is -2.10. The first-order valence-corrected chi connectivity index (χ1v) is 5.93. The zero-order valence-corrected chi connectivity index (χ0v) is 10.6. The predicted octanol–water partition coefficient (Wildman–Crippen LogP) is 0.591. The number of nitrogen functional groups attached to an aromatic ring is 1. The number of aromatic amines is 1. The number of rotatable bonds is 5. The smallest absolute Gasteiger partial charge is 0.307 e. The molecule has 2 aromatic rings. The molecule has 0 radical (unpaired) electrons. The maximum Gasteiger partial charge on any atom is 0.307 e. The van der Waals surface area contributed by atoms with Crippen molar-refractivity contribution < 1.29 is 9.90 Å². The van der Waals surface area contributed by atoms with Crippen LogP contribution in [0.3, 0.4) is 0 Å². The summed E-state index contributed by atoms with van der Waals surface area (Å²) in [6, 6.07) is 7.16. The molecule has 0 aliphatic rings. The molecule has 7 nitrogen and oxygen atoms in total. The Balaban J connectivity index is 2.17. The van der Waals surface area contributed by atoms with Crippen molar-refractivity contribution in [3.63, 3.8) is 0 Å². The van der Waals surface area contributed by atoms with Crippen LogP contribution in [0.5, 0.6) is 0 Å². The van der Waals surface area contributed by atoms with E-state index in [4.69, 9.17) is 10.8 Å². The Kier molecular flexibility index (Phi) is 3.99. The first kappa shape index (κ1) is 13.6. The molecule has 1 aromatic carbocycles. The van der Waals surface area contributed by atoms with Gasteiger partial charge >= 0.3 is 5.97 Å². The number of nitrogens with two attached hydrogens (primary N) is 1. The maximum atomic E-state index is 11.3. The number of nitrogens with zero attached hydrogens (tertiary/aromatic N) is 1. The second kappa shape index (κ2) is 5.87. The van der Waals surface area contributed by atoms with Gasteiger partial charge in [0.2, 0.25) is 0 Å². The number of hydrogen-bond acceptors (Lipinski definition) is 5. The molecular weight excluding hydrogens is 260 g/mol. The van der Waals surface area contributed by atoms with E-state index in [1.54, 1.807) is 12.1 Å². The molecule has 0 aliphatic carbocycles. The van der Waals surface area contributed by atoms with Crippen molar-refractivity contribution >= 4 is 17.5 Å². The van der Waals surface area contributed by atoms with Gasteiger partial charge in [-0.05, 0) is 11.1 Å². The number of H-pyrrole nitrogens is 1. The summed E-state index contributed by atoms with van der Waals surface area (Å²) in [7, 11) is 0. The highest BCUT2D eigenvalue weighted by Crippen LogP contribution is 2.14. The fourth-order valence-corrected chi connectivity index (χ4v) is 1.80. The third-order valence-electron chi connectivity index (χ3n) is 2.80. The average Bonchev–Trinajstić information content (AvgIpc) is 2.41. The van der Waals surface area contributed by atoms with Crippen molar-refractivity contribution in [3.05, 3.63) is 52.1 Å². The van der Waals surface area contributed by atoms with Gasteiger partial charge in [-0.3, -0.25) is 9.59 Å². The maximum absolute atomic E-state index is 11.3. The lowest BCUT2D eigenvalue weighted by molar-refractivity contribution is -0.136. The standard InChI is InChI=1S/C13H14N4O3/c14-11-12(16-7-17-13(11)20)15-6-9-4-2-1-3-8(9)5-10(18)19/h1-4,7H,5-6,14H2,(H,18,19)(H2,15,16,17,20). The van der Waals surface area contributed by atoms with E-state index in [-0.39, 0.29) is 17.9 Å². The molecule has 20 heavy (non-hydrogen) atoms. The van der Waals surface area contributed by atoms with E-state index < -0.39 is 11.5 Å². The summed E-state index contributed by atoms with van der Waals surface area (Å²) in [5, 5.41) is 11.8. The largest absolute Gasteiger partial charge is 0.481 e. The Labute approximate surface area is 114 Å². The van der Waals surface area contributed by atoms with Crippen LogP contribution in [0.4, 0.5) is 11.5 Å². The summed E-state index contributed by atoms with van der Waals surface area (Å²) in [6.07, 6.45) is 1.19. The van der Waals surface area contributed by atoms with Crippen LogP contribution in [0.1, 0.15) is 11.1 Å². The van der Waals surface area contributed by atoms with Gasteiger partial charge in [0.25, 0.3) is 5.56 Å². The van der Waals surface area contributed by atoms with Crippen LogP contribution in [0.15, 0.2) is 35.4 Å². The topological polar surface area (TPSA) is 121 Å². The molecule has 0 fully saturated rings. The zero-order valence-electron chi connectivity index (χ0n) is 10.6. The number of hydrogen-bond donors (Lipinski definition) is 4. The molecule has 1 heterocycles. The van der Waals surface area contributed by atoms with Gasteiger partial charge in [0.15, 0.2) is 5.82 Å². The van der Waals surface area contributed by atoms with Gasteiger partial charge in [0.1, 0.15) is 5.69 Å². The number of anilines is 2. The van der Waals surface area contributed by atoms with E-state index in [0.717, 1.165) is 5.56 Å². The minimum absolute atomic E-state index is 0.00298. The van der Waals surface area contributed by atoms with Crippen molar-refractivity contribution in [2.45, 2.75) is 13.0 Å². The Morgan fingerprint density at radius 3 is 2.75 bits per heavy atom. The van der Waals surface area contributed by atoms with Gasteiger partial charge in [-0.2, -0.15) is 0 Å². The van der Waals surface area contributed by atoms with Crippen LogP contribution in [-0.4, -0.2) is 21.0 Å². The number of aromatic nitrogens is 2. The third-order valence-corrected chi connectivity index (χ3v) is 2.80. The van der Waals surface area contributed by atoms with E-state index in [0.29, 0.717) is 12.1 Å². The van der Waals surface area contributed by atoms with E-state index >= 15 is 0 Å². The second-order valence-electron chi connectivity index (χ2n) is 4.19. The van der Waals surface area contributed by atoms with Crippen LogP contribution < -0.4 is 16.6 Å². The van der Waals surface area contributed by atoms with Gasteiger partial charge in [-0.1, -0.05) is 24.3 Å². The number of aliphatic carboxylic acids is 1. The Morgan fingerprint density at radius 2 is 2.05 bits per heavy atom. The summed E-state index contributed by atoms with van der Waals surface area (Å²) < 4.78 is 0. The van der Waals surface area contributed by atoms with E-state index in [1.807, 2.05) is 12.1 Å². The molecule has 104 valence electrons. The highest BCUT2D eigenvalue weighted by atomic mass is 16.4. The summed E-state index contributed by atoms with van der Waals surface area (Å²) in [4.78, 5) is 28.4. The van der Waals surface area contributed by atoms with Gasteiger partial charge < -0.3 is 21.1 Å². The molecule has 0 saturated heterocycles. The molecule has 1 aromatic heterocycles. The van der Waals surface area contributed by atoms with Crippen LogP contribution in [0.25, 0.3) is 0 Å². The van der Waals surface area contributed by atoms with E-state index in [1.165, 1.54) is 6.33 Å². The van der Waals surface area contributed by atoms with Gasteiger partial charge in [-0.25, -0.2) is 4.98 Å². The molecule has 0 aliphatic heterocycles. The number of carboxylic acid groups (broad SMARTS) is 1. The fourth-order valence-electron chi connectivity index (χ4n) is 1.80. The van der Waals surface area contributed by atoms with Gasteiger partial charge in [0.05, 0.1) is 12.7 Å². The molecule has 5 N–H and O–H groups in total. The van der Waals surface area contributed by atoms with Crippen LogP contribution in [0.2, 0.25) is 0 Å². The summed E-state index contributed by atoms with van der Waals surface area (Å²) in [6.45, 7) is 0.337. The van der Waals surface area contributed by atoms with Crippen LogP contribution in [-0.2, 0) is 17.8 Å². The fraction of sp³-hybridized carbons (Fsp3) is 0.154. The molecule has 0 amide bonds. The summed E-state index contributed by atoms with van der Waals surface area (Å²) in [5.41, 5.74) is 6.71. The molecule has 2 rings (SSSR count). The normalized spacial score (nSPS) is 10.2. The van der Waals surface area contributed by atoms with Gasteiger partial charge in [0, 0.05) is 6.54 Å². The number of nitrogens with one attached hydrogen (secondary N) is 2. The second-order valence-corrected chi connectivity index (χ2v) is 4.19. The van der Waals surface area contributed by atoms with Gasteiger partial charge in [-0.15, -0.1) is 0 Å². The van der Waals surface area contributed by atoms with Crippen molar-refractivity contribution in [1.29, 1.82) is 0 Å². The average molecular weight is 274 g/mol. The van der Waals surface area contributed by atoms with Crippen molar-refractivity contribution in [2.24, 2.45) is 0 Å². The molecular formula is C13H14N4O3. The molecule has 7 heteroatoms. The monoisotopic (exact) mass is 274 g/mol. The molecule has 0 unspecified atom stereocenters. The minimum Gasteiger partial charge on any atom is -0.481 e. The highest BCUT2D eigenvalue weighted by molar-refractivity contribution is 5.70. The number of carboxylic acids is 1. The van der Waals surface area contributed by atoms with Crippen molar-refractivity contribution in [3.8, 4) is 0 Å². The lowest BCUT2D eigenvalue weighted by Crippen LogP contribution is -2.16. The molecule has 0 atom stereocenters. The molecule has 0 saturated carbocycles. The number of benzene rings is 1. The molecule has 0 bridgehead atoms. The van der Waals surface area contributed by atoms with Crippen LogP contribution in [0, 0.1) is 0 Å². The quantitative estimate of drug-likeness (QED) is 0.633. The van der Waals surface area contributed by atoms with Crippen molar-refractivity contribution in [2.75, 3.05) is 11.1 Å². The first-order chi connectivity index (χ1) is 9.58. The van der Waals surface area contributed by atoms with E-state index in [9.17, 15) is 9.59 Å². The lowest BCUT2D eigenvalue weighted by atomic mass is 10.0. The molecule has 0 spiro atoms. The predicted molar refractivity (Wildman–Crippen MR) is 74.4 cm³/mol. The minimum atomic E-state index is -0.897. The van der Waals surface area contributed by atoms with E-state index in [2.05, 4.69) is 15.3 Å². The number of carbonyl (C=O) groups is 1. The zero-order chi connectivity index (χ0) is 14.5. The highest BCUT2D eigenvalue weighted by Gasteiger charge is 2.08. The van der Waals surface area contributed by atoms with Crippen molar-refractivity contribution in [1.82, 2.24) is 9.97 Å². The Morgan fingerprint density at radius 1 is 1.35 bits per heavy atom. The SMILES string of the molecule is Nc1c(NCc2ccccc2CC(=O)O)nc[nH]c1=O. The summed E-state index contributed by atoms with van der Waals surface area (Å²) >= 11 is 0.